The molecule has 0 radical (unpaired) electrons. The van der Waals surface area contributed by atoms with E-state index in [0.29, 0.717) is 22.3 Å². The Kier molecular flexibility index (Phi) is 5.25. The molecule has 180 valence electrons. The lowest BCUT2D eigenvalue weighted by molar-refractivity contribution is 0.432. The summed E-state index contributed by atoms with van der Waals surface area (Å²) < 4.78 is 16.0. The van der Waals surface area contributed by atoms with Gasteiger partial charge in [-0.1, -0.05) is 18.2 Å². The van der Waals surface area contributed by atoms with Gasteiger partial charge >= 0.3 is 0 Å². The maximum Gasteiger partial charge on any atom is 0.259 e. The van der Waals surface area contributed by atoms with Crippen molar-refractivity contribution >= 4 is 22.4 Å². The van der Waals surface area contributed by atoms with E-state index in [4.69, 9.17) is 5.73 Å². The number of anilines is 2. The van der Waals surface area contributed by atoms with Crippen molar-refractivity contribution < 1.29 is 9.50 Å². The predicted octanol–water partition coefficient (Wildman–Crippen LogP) is 3.90. The van der Waals surface area contributed by atoms with Crippen molar-refractivity contribution in [3.8, 4) is 5.75 Å². The first-order valence-corrected chi connectivity index (χ1v) is 11.4. The van der Waals surface area contributed by atoms with Gasteiger partial charge in [-0.25, -0.2) is 19.8 Å². The van der Waals surface area contributed by atoms with Gasteiger partial charge in [0.1, 0.15) is 23.7 Å². The number of aryl methyl sites for hydroxylation is 1. The number of hydrogen-bond acceptors (Lipinski definition) is 7. The maximum atomic E-state index is 14.2. The number of aromatic nitrogens is 3. The van der Waals surface area contributed by atoms with Gasteiger partial charge in [0.05, 0.1) is 23.0 Å². The van der Waals surface area contributed by atoms with Gasteiger partial charge in [0.15, 0.2) is 5.82 Å². The minimum absolute atomic E-state index is 0.0509. The first kappa shape index (κ1) is 22.8. The minimum Gasteiger partial charge on any atom is -0.508 e. The zero-order valence-electron chi connectivity index (χ0n) is 20.0. The molecule has 8 nitrogen and oxygen atoms in total. The fourth-order valence-corrected chi connectivity index (χ4v) is 5.09. The molecular formula is C26H27FN6O2. The molecule has 1 unspecified atom stereocenters. The van der Waals surface area contributed by atoms with Crippen LogP contribution in [0.15, 0.2) is 53.6 Å². The molecular weight excluding hydrogens is 447 g/mol. The van der Waals surface area contributed by atoms with Gasteiger partial charge in [0, 0.05) is 17.8 Å². The van der Waals surface area contributed by atoms with Gasteiger partial charge in [0.25, 0.3) is 5.56 Å². The quantitative estimate of drug-likeness (QED) is 0.412. The third-order valence-corrected chi connectivity index (χ3v) is 6.64. The molecule has 0 saturated heterocycles. The van der Waals surface area contributed by atoms with E-state index in [0.717, 1.165) is 22.7 Å². The van der Waals surface area contributed by atoms with Crippen molar-refractivity contribution in [1.29, 1.82) is 0 Å². The van der Waals surface area contributed by atoms with E-state index in [9.17, 15) is 14.3 Å². The number of nitrogens with two attached hydrogens (primary N) is 1. The van der Waals surface area contributed by atoms with Crippen molar-refractivity contribution in [3.05, 3.63) is 87.3 Å². The lowest BCUT2D eigenvalue weighted by Crippen LogP contribution is -2.45. The van der Waals surface area contributed by atoms with Crippen LogP contribution in [0.25, 0.3) is 10.8 Å². The predicted molar refractivity (Wildman–Crippen MR) is 134 cm³/mol. The number of nitrogens with zero attached hydrogens (tertiary/aromatic N) is 4. The van der Waals surface area contributed by atoms with Crippen LogP contribution in [0.4, 0.5) is 16.0 Å². The highest BCUT2D eigenvalue weighted by molar-refractivity contribution is 5.85. The van der Waals surface area contributed by atoms with Crippen LogP contribution in [0, 0.1) is 12.7 Å². The van der Waals surface area contributed by atoms with Crippen molar-refractivity contribution in [2.45, 2.75) is 45.8 Å². The Morgan fingerprint density at radius 1 is 1.20 bits per heavy atom. The van der Waals surface area contributed by atoms with Crippen LogP contribution in [-0.4, -0.2) is 19.6 Å². The number of phenols is 1. The summed E-state index contributed by atoms with van der Waals surface area (Å²) in [7, 11) is 0. The molecule has 1 aliphatic heterocycles. The second-order valence-corrected chi connectivity index (χ2v) is 9.42. The molecule has 9 heteroatoms. The van der Waals surface area contributed by atoms with E-state index in [1.165, 1.54) is 18.5 Å². The van der Waals surface area contributed by atoms with Crippen molar-refractivity contribution in [3.63, 3.8) is 0 Å². The van der Waals surface area contributed by atoms with Crippen LogP contribution >= 0.6 is 0 Å². The summed E-state index contributed by atoms with van der Waals surface area (Å²) in [6, 6.07) is 11.6. The number of phenolic OH excluding ortho intramolecular Hbond substituents is 1. The number of nitrogen functional groups attached to an aromatic ring is 1. The smallest absolute Gasteiger partial charge is 0.259 e. The molecule has 0 fully saturated rings. The van der Waals surface area contributed by atoms with E-state index < -0.39 is 11.4 Å². The molecule has 1 atom stereocenters. The van der Waals surface area contributed by atoms with Crippen molar-refractivity contribution in [1.82, 2.24) is 20.0 Å². The number of halogens is 1. The van der Waals surface area contributed by atoms with Gasteiger partial charge in [0.2, 0.25) is 0 Å². The second kappa shape index (κ2) is 8.06. The van der Waals surface area contributed by atoms with Gasteiger partial charge in [-0.15, -0.1) is 0 Å². The van der Waals surface area contributed by atoms with Crippen molar-refractivity contribution in [2.75, 3.05) is 10.7 Å². The first-order chi connectivity index (χ1) is 16.6. The van der Waals surface area contributed by atoms with E-state index in [2.05, 4.69) is 15.4 Å². The molecule has 1 aliphatic rings. The Morgan fingerprint density at radius 2 is 1.97 bits per heavy atom. The van der Waals surface area contributed by atoms with Crippen LogP contribution in [-0.2, 0) is 12.1 Å². The third-order valence-electron chi connectivity index (χ3n) is 6.64. The highest BCUT2D eigenvalue weighted by Crippen LogP contribution is 2.44. The highest BCUT2D eigenvalue weighted by atomic mass is 19.1. The summed E-state index contributed by atoms with van der Waals surface area (Å²) in [5.41, 5.74) is 11.4. The zero-order valence-corrected chi connectivity index (χ0v) is 20.0. The summed E-state index contributed by atoms with van der Waals surface area (Å²) in [5.74, 6) is -0.00327. The standard InChI is InChI=1S/C26H27FN6O2/c1-14(2)33-19(8-16-7-5-6-15(3)21(16)25(33)35)12-32-24-22(23(28)29-13-30-24)26(4,31-32)17-9-18(27)11-20(34)10-17/h5-11,13-14,31,34H,12H2,1-4H3,(H2,28,29,30). The molecule has 4 aromatic rings. The number of rotatable bonds is 4. The van der Waals surface area contributed by atoms with E-state index in [-0.39, 0.29) is 29.7 Å². The molecule has 2 aromatic heterocycles. The summed E-state index contributed by atoms with van der Waals surface area (Å²) in [4.78, 5) is 22.1. The van der Waals surface area contributed by atoms with Crippen LogP contribution in [0.1, 0.15) is 49.2 Å². The maximum absolute atomic E-state index is 14.2. The number of benzene rings is 2. The van der Waals surface area contributed by atoms with Gasteiger partial charge in [-0.05, 0) is 62.4 Å². The lowest BCUT2D eigenvalue weighted by Gasteiger charge is -2.29. The third kappa shape index (κ3) is 3.59. The van der Waals surface area contributed by atoms with Gasteiger partial charge in [-0.2, -0.15) is 0 Å². The Labute approximate surface area is 201 Å². The Morgan fingerprint density at radius 3 is 2.69 bits per heavy atom. The average molecular weight is 475 g/mol. The minimum atomic E-state index is -1.02. The molecule has 35 heavy (non-hydrogen) atoms. The van der Waals surface area contributed by atoms with E-state index >= 15 is 0 Å². The zero-order chi connectivity index (χ0) is 25.1. The average Bonchev–Trinajstić information content (AvgIpc) is 3.06. The first-order valence-electron chi connectivity index (χ1n) is 11.4. The molecule has 0 saturated carbocycles. The largest absolute Gasteiger partial charge is 0.508 e. The Balaban J connectivity index is 1.67. The van der Waals surface area contributed by atoms with Gasteiger partial charge in [-0.3, -0.25) is 9.80 Å². The Bertz CT molecular complexity index is 1510. The monoisotopic (exact) mass is 474 g/mol. The SMILES string of the molecule is Cc1cccc2cc(CN3NC(C)(c4cc(O)cc(F)c4)c4c(N)ncnc43)n(C(C)C)c(=O)c12. The summed E-state index contributed by atoms with van der Waals surface area (Å²) in [6.45, 7) is 8.00. The molecule has 3 heterocycles. The topological polar surface area (TPSA) is 109 Å². The van der Waals surface area contributed by atoms with Crippen LogP contribution in [0.5, 0.6) is 5.75 Å². The highest BCUT2D eigenvalue weighted by Gasteiger charge is 2.44. The number of hydrogen-bond donors (Lipinski definition) is 3. The molecule has 0 aliphatic carbocycles. The number of fused-ring (bicyclic) bond motifs is 2. The van der Waals surface area contributed by atoms with Crippen LogP contribution in [0.3, 0.4) is 0 Å². The summed E-state index contributed by atoms with van der Waals surface area (Å²) in [5, 5.41) is 13.4. The lowest BCUT2D eigenvalue weighted by atomic mass is 9.86. The fraction of sp³-hybridized carbons (Fsp3) is 0.269. The molecule has 4 N–H and O–H groups in total. The molecule has 0 spiro atoms. The van der Waals surface area contributed by atoms with Crippen molar-refractivity contribution in [2.24, 2.45) is 0 Å². The van der Waals surface area contributed by atoms with Crippen LogP contribution < -0.4 is 21.7 Å². The number of aromatic hydroxyl groups is 1. The van der Waals surface area contributed by atoms with Gasteiger partial charge < -0.3 is 15.4 Å². The van der Waals surface area contributed by atoms with E-state index in [1.807, 2.05) is 52.0 Å². The molecule has 2 aromatic carbocycles. The van der Waals surface area contributed by atoms with E-state index in [1.54, 1.807) is 9.58 Å². The molecule has 0 amide bonds. The van der Waals surface area contributed by atoms with Crippen LogP contribution in [0.2, 0.25) is 0 Å². The summed E-state index contributed by atoms with van der Waals surface area (Å²) in [6.07, 6.45) is 1.37. The fourth-order valence-electron chi connectivity index (χ4n) is 5.09. The molecule has 5 rings (SSSR count). The Hall–Kier alpha value is -3.98. The second-order valence-electron chi connectivity index (χ2n) is 9.42. The number of nitrogens with one attached hydrogen (secondary N) is 1. The molecule has 0 bridgehead atoms. The number of pyridine rings is 1. The summed E-state index contributed by atoms with van der Waals surface area (Å²) >= 11 is 0. The number of hydrazine groups is 1. The normalized spacial score (nSPS) is 17.4.